The van der Waals surface area contributed by atoms with E-state index in [9.17, 15) is 4.39 Å². The number of alkyl halides is 1. The van der Waals surface area contributed by atoms with E-state index in [1.165, 1.54) is 6.07 Å². The predicted octanol–water partition coefficient (Wildman–Crippen LogP) is 5.20. The highest BCUT2D eigenvalue weighted by Gasteiger charge is 2.11. The lowest BCUT2D eigenvalue weighted by Gasteiger charge is -2.15. The van der Waals surface area contributed by atoms with Gasteiger partial charge < -0.3 is 9.47 Å². The number of para-hydroxylation sites is 1. The summed E-state index contributed by atoms with van der Waals surface area (Å²) in [7, 11) is 0. The Balaban J connectivity index is 2.20. The molecule has 0 unspecified atom stereocenters. The molecule has 0 aromatic heterocycles. The molecule has 0 aliphatic heterocycles. The van der Waals surface area contributed by atoms with Crippen molar-refractivity contribution < 1.29 is 13.9 Å². The first kappa shape index (κ1) is 15.9. The van der Waals surface area contributed by atoms with Crippen LogP contribution in [-0.2, 0) is 12.5 Å². The number of ether oxygens (including phenoxy) is 2. The van der Waals surface area contributed by atoms with Crippen LogP contribution in [0.5, 0.6) is 11.5 Å². The molecule has 0 aliphatic rings. The number of hydrogen-bond acceptors (Lipinski definition) is 2. The third-order valence-electron chi connectivity index (χ3n) is 2.87. The molecule has 0 N–H and O–H groups in total. The van der Waals surface area contributed by atoms with Gasteiger partial charge in [0.2, 0.25) is 0 Å². The fourth-order valence-electron chi connectivity index (χ4n) is 1.88. The van der Waals surface area contributed by atoms with Crippen LogP contribution < -0.4 is 9.47 Å². The van der Waals surface area contributed by atoms with Crippen LogP contribution in [0.3, 0.4) is 0 Å². The average Bonchev–Trinajstić information content (AvgIpc) is 2.49. The summed E-state index contributed by atoms with van der Waals surface area (Å²) >= 11 is 11.7. The molecule has 0 saturated heterocycles. The summed E-state index contributed by atoms with van der Waals surface area (Å²) in [5.41, 5.74) is 1.61. The first-order valence-electron chi connectivity index (χ1n) is 6.53. The normalized spacial score (nSPS) is 10.5. The monoisotopic (exact) mass is 328 g/mol. The Hall–Kier alpha value is -1.45. The van der Waals surface area contributed by atoms with Crippen molar-refractivity contribution in [1.82, 2.24) is 0 Å². The van der Waals surface area contributed by atoms with Gasteiger partial charge in [-0.15, -0.1) is 11.6 Å². The minimum absolute atomic E-state index is 0.0757. The fourth-order valence-corrected chi connectivity index (χ4v) is 2.30. The van der Waals surface area contributed by atoms with Gasteiger partial charge in [-0.3, -0.25) is 0 Å². The van der Waals surface area contributed by atoms with Gasteiger partial charge in [0.1, 0.15) is 12.4 Å². The Morgan fingerprint density at radius 3 is 2.62 bits per heavy atom. The van der Waals surface area contributed by atoms with Crippen LogP contribution in [0.15, 0.2) is 36.4 Å². The van der Waals surface area contributed by atoms with Gasteiger partial charge in [-0.1, -0.05) is 29.8 Å². The maximum atomic E-state index is 13.1. The molecule has 0 heterocycles. The van der Waals surface area contributed by atoms with Gasteiger partial charge in [0.05, 0.1) is 17.5 Å². The summed E-state index contributed by atoms with van der Waals surface area (Å²) in [6.45, 7) is 2.69. The van der Waals surface area contributed by atoms with Crippen molar-refractivity contribution in [1.29, 1.82) is 0 Å². The molecule has 0 spiro atoms. The van der Waals surface area contributed by atoms with Crippen molar-refractivity contribution in [2.24, 2.45) is 0 Å². The lowest BCUT2D eigenvalue weighted by molar-refractivity contribution is 0.267. The van der Waals surface area contributed by atoms with E-state index in [1.807, 2.05) is 25.1 Å². The Kier molecular flexibility index (Phi) is 5.71. The minimum atomic E-state index is -0.448. The highest BCUT2D eigenvalue weighted by molar-refractivity contribution is 6.30. The number of halogens is 3. The fraction of sp³-hybridized carbons (Fsp3) is 0.250. The summed E-state index contributed by atoms with van der Waals surface area (Å²) in [5, 5.41) is 0.0757. The minimum Gasteiger partial charge on any atom is -0.490 e. The second-order valence-electron chi connectivity index (χ2n) is 4.35. The molecule has 2 aromatic carbocycles. The van der Waals surface area contributed by atoms with Crippen molar-refractivity contribution in [3.63, 3.8) is 0 Å². The largest absolute Gasteiger partial charge is 0.490 e. The summed E-state index contributed by atoms with van der Waals surface area (Å²) in [6.07, 6.45) is 0. The van der Waals surface area contributed by atoms with E-state index in [2.05, 4.69) is 0 Å². The van der Waals surface area contributed by atoms with Gasteiger partial charge in [-0.05, 0) is 30.7 Å². The van der Waals surface area contributed by atoms with Gasteiger partial charge >= 0.3 is 0 Å². The second-order valence-corrected chi connectivity index (χ2v) is 5.02. The van der Waals surface area contributed by atoms with Gasteiger partial charge in [0.15, 0.2) is 11.5 Å². The third kappa shape index (κ3) is 4.02. The highest BCUT2D eigenvalue weighted by atomic mass is 35.5. The molecule has 0 bridgehead atoms. The molecule has 21 heavy (non-hydrogen) atoms. The molecule has 0 radical (unpaired) electrons. The van der Waals surface area contributed by atoms with Gasteiger partial charge in [0, 0.05) is 5.56 Å². The molecule has 0 atom stereocenters. The second kappa shape index (κ2) is 7.53. The van der Waals surface area contributed by atoms with E-state index in [1.54, 1.807) is 12.1 Å². The topological polar surface area (TPSA) is 18.5 Å². The van der Waals surface area contributed by atoms with Gasteiger partial charge in [-0.25, -0.2) is 4.39 Å². The molecule has 2 rings (SSSR count). The van der Waals surface area contributed by atoms with E-state index >= 15 is 0 Å². The van der Waals surface area contributed by atoms with Crippen LogP contribution in [0.4, 0.5) is 4.39 Å². The van der Waals surface area contributed by atoms with E-state index in [0.29, 0.717) is 24.0 Å². The summed E-state index contributed by atoms with van der Waals surface area (Å²) in [6, 6.07) is 10.1. The Morgan fingerprint density at radius 1 is 1.14 bits per heavy atom. The SMILES string of the molecule is CCOc1cccc(CCl)c1OCc1ccc(F)c(Cl)c1. The number of hydrogen-bond donors (Lipinski definition) is 0. The predicted molar refractivity (Wildman–Crippen MR) is 82.9 cm³/mol. The van der Waals surface area contributed by atoms with E-state index in [0.717, 1.165) is 11.1 Å². The average molecular weight is 329 g/mol. The van der Waals surface area contributed by atoms with Crippen LogP contribution >= 0.6 is 23.2 Å². The molecule has 0 saturated carbocycles. The molecular formula is C16H15Cl2FO2. The lowest BCUT2D eigenvalue weighted by Crippen LogP contribution is -2.02. The smallest absolute Gasteiger partial charge is 0.166 e. The van der Waals surface area contributed by atoms with Crippen LogP contribution in [0.25, 0.3) is 0 Å². The highest BCUT2D eigenvalue weighted by Crippen LogP contribution is 2.33. The Labute approximate surface area is 133 Å². The molecule has 112 valence electrons. The van der Waals surface area contributed by atoms with Gasteiger partial charge in [0.25, 0.3) is 0 Å². The zero-order valence-electron chi connectivity index (χ0n) is 11.5. The zero-order valence-corrected chi connectivity index (χ0v) is 13.0. The van der Waals surface area contributed by atoms with Crippen LogP contribution in [0.2, 0.25) is 5.02 Å². The molecule has 0 amide bonds. The Bertz CT molecular complexity index is 617. The van der Waals surface area contributed by atoms with E-state index in [-0.39, 0.29) is 11.6 Å². The van der Waals surface area contributed by atoms with Crippen molar-refractivity contribution in [3.8, 4) is 11.5 Å². The maximum absolute atomic E-state index is 13.1. The lowest BCUT2D eigenvalue weighted by atomic mass is 10.2. The number of benzene rings is 2. The quantitative estimate of drug-likeness (QED) is 0.679. The molecule has 0 fully saturated rings. The van der Waals surface area contributed by atoms with Crippen LogP contribution in [-0.4, -0.2) is 6.61 Å². The van der Waals surface area contributed by atoms with Crippen molar-refractivity contribution >= 4 is 23.2 Å². The Morgan fingerprint density at radius 2 is 1.95 bits per heavy atom. The third-order valence-corrected chi connectivity index (χ3v) is 3.45. The molecular weight excluding hydrogens is 314 g/mol. The van der Waals surface area contributed by atoms with Crippen molar-refractivity contribution in [3.05, 3.63) is 58.4 Å². The molecule has 2 nitrogen and oxygen atoms in total. The summed E-state index contributed by atoms with van der Waals surface area (Å²) < 4.78 is 24.5. The molecule has 5 heteroatoms. The molecule has 2 aromatic rings. The molecule has 0 aliphatic carbocycles. The summed E-state index contributed by atoms with van der Waals surface area (Å²) in [5.74, 6) is 1.12. The van der Waals surface area contributed by atoms with Crippen LogP contribution in [0.1, 0.15) is 18.1 Å². The van der Waals surface area contributed by atoms with Crippen molar-refractivity contribution in [2.45, 2.75) is 19.4 Å². The van der Waals surface area contributed by atoms with Gasteiger partial charge in [-0.2, -0.15) is 0 Å². The zero-order chi connectivity index (χ0) is 15.2. The van der Waals surface area contributed by atoms with Crippen LogP contribution in [0, 0.1) is 5.82 Å². The first-order valence-corrected chi connectivity index (χ1v) is 7.44. The first-order chi connectivity index (χ1) is 10.2. The van der Waals surface area contributed by atoms with E-state index in [4.69, 9.17) is 32.7 Å². The number of rotatable bonds is 6. The van der Waals surface area contributed by atoms with E-state index < -0.39 is 5.82 Å². The summed E-state index contributed by atoms with van der Waals surface area (Å²) in [4.78, 5) is 0. The van der Waals surface area contributed by atoms with Crippen molar-refractivity contribution in [2.75, 3.05) is 6.61 Å². The standard InChI is InChI=1S/C16H15Cl2FO2/c1-2-20-15-5-3-4-12(9-17)16(15)21-10-11-6-7-14(19)13(18)8-11/h3-8H,2,9-10H2,1H3. The maximum Gasteiger partial charge on any atom is 0.166 e.